The zero-order valence-corrected chi connectivity index (χ0v) is 12.1. The van der Waals surface area contributed by atoms with Gasteiger partial charge in [-0.2, -0.15) is 0 Å². The zero-order chi connectivity index (χ0) is 12.1. The first-order chi connectivity index (χ1) is 7.58. The number of ether oxygens (including phenoxy) is 2. The van der Waals surface area contributed by atoms with E-state index in [-0.39, 0.29) is 0 Å². The maximum absolute atomic E-state index is 5.99. The van der Waals surface area contributed by atoms with Crippen molar-refractivity contribution in [2.24, 2.45) is 5.92 Å². The minimum absolute atomic E-state index is 0.476. The van der Waals surface area contributed by atoms with Crippen LogP contribution < -0.4 is 9.47 Å². The van der Waals surface area contributed by atoms with Crippen molar-refractivity contribution in [1.82, 2.24) is 0 Å². The highest BCUT2D eigenvalue weighted by Gasteiger charge is 2.12. The molecule has 0 saturated carbocycles. The molecule has 0 amide bonds. The molecule has 0 atom stereocenters. The van der Waals surface area contributed by atoms with Gasteiger partial charge in [-0.15, -0.1) is 0 Å². The zero-order valence-electron chi connectivity index (χ0n) is 9.72. The maximum Gasteiger partial charge on any atom is 0.165 e. The number of rotatable bonds is 5. The van der Waals surface area contributed by atoms with Crippen molar-refractivity contribution in [2.45, 2.75) is 19.2 Å². The van der Waals surface area contributed by atoms with Gasteiger partial charge in [0.15, 0.2) is 11.5 Å². The third-order valence-electron chi connectivity index (χ3n) is 2.02. The SMILES string of the molecule is COc1cc(Cl)cc(CBr)c1OCC(C)C. The van der Waals surface area contributed by atoms with Crippen LogP contribution in [0.2, 0.25) is 5.02 Å². The standard InChI is InChI=1S/C12H16BrClO2/c1-8(2)7-16-12-9(6-13)4-10(14)5-11(12)15-3/h4-5,8H,6-7H2,1-3H3. The molecule has 0 heterocycles. The summed E-state index contributed by atoms with van der Waals surface area (Å²) in [5.41, 5.74) is 1.00. The molecule has 0 spiro atoms. The Bertz CT molecular complexity index is 328. The van der Waals surface area contributed by atoms with Crippen LogP contribution in [0.3, 0.4) is 0 Å². The fourth-order valence-electron chi connectivity index (χ4n) is 1.29. The lowest BCUT2D eigenvalue weighted by Gasteiger charge is -2.15. The quantitative estimate of drug-likeness (QED) is 0.756. The average Bonchev–Trinajstić information content (AvgIpc) is 2.25. The van der Waals surface area contributed by atoms with E-state index in [1.165, 1.54) is 0 Å². The van der Waals surface area contributed by atoms with Gasteiger partial charge < -0.3 is 9.47 Å². The Kier molecular flexibility index (Phi) is 5.42. The Morgan fingerprint density at radius 1 is 1.38 bits per heavy atom. The fourth-order valence-corrected chi connectivity index (χ4v) is 1.93. The second kappa shape index (κ2) is 6.36. The van der Waals surface area contributed by atoms with Gasteiger partial charge in [-0.05, 0) is 12.0 Å². The summed E-state index contributed by atoms with van der Waals surface area (Å²) in [6, 6.07) is 3.65. The average molecular weight is 308 g/mol. The molecular formula is C12H16BrClO2. The Morgan fingerprint density at radius 2 is 2.06 bits per heavy atom. The lowest BCUT2D eigenvalue weighted by atomic mass is 10.2. The molecular weight excluding hydrogens is 291 g/mol. The van der Waals surface area contributed by atoms with E-state index in [1.54, 1.807) is 13.2 Å². The van der Waals surface area contributed by atoms with Crippen molar-refractivity contribution in [1.29, 1.82) is 0 Å². The van der Waals surface area contributed by atoms with Gasteiger partial charge in [0.05, 0.1) is 13.7 Å². The highest BCUT2D eigenvalue weighted by molar-refractivity contribution is 9.08. The molecule has 0 aliphatic carbocycles. The second-order valence-electron chi connectivity index (χ2n) is 3.93. The van der Waals surface area contributed by atoms with E-state index in [0.29, 0.717) is 28.6 Å². The van der Waals surface area contributed by atoms with Crippen LogP contribution in [0, 0.1) is 5.92 Å². The molecule has 1 rings (SSSR count). The lowest BCUT2D eigenvalue weighted by molar-refractivity contribution is 0.255. The van der Waals surface area contributed by atoms with Gasteiger partial charge in [-0.1, -0.05) is 41.4 Å². The first kappa shape index (κ1) is 13.7. The van der Waals surface area contributed by atoms with E-state index in [1.807, 2.05) is 6.07 Å². The molecule has 0 fully saturated rings. The number of alkyl halides is 1. The third kappa shape index (κ3) is 3.56. The van der Waals surface area contributed by atoms with Crippen LogP contribution in [0.25, 0.3) is 0 Å². The Hall–Kier alpha value is -0.410. The van der Waals surface area contributed by atoms with Crippen molar-refractivity contribution >= 4 is 27.5 Å². The summed E-state index contributed by atoms with van der Waals surface area (Å²) in [6.45, 7) is 4.88. The topological polar surface area (TPSA) is 18.5 Å². The van der Waals surface area contributed by atoms with E-state index in [9.17, 15) is 0 Å². The molecule has 0 bridgehead atoms. The number of hydrogen-bond acceptors (Lipinski definition) is 2. The molecule has 1 aromatic rings. The summed E-state index contributed by atoms with van der Waals surface area (Å²) in [4.78, 5) is 0. The predicted octanol–water partition coefficient (Wildman–Crippen LogP) is 4.28. The Labute approximate surface area is 110 Å². The Balaban J connectivity index is 3.02. The summed E-state index contributed by atoms with van der Waals surface area (Å²) >= 11 is 9.40. The van der Waals surface area contributed by atoms with E-state index < -0.39 is 0 Å². The van der Waals surface area contributed by atoms with E-state index in [4.69, 9.17) is 21.1 Å². The highest BCUT2D eigenvalue weighted by atomic mass is 79.9. The largest absolute Gasteiger partial charge is 0.493 e. The van der Waals surface area contributed by atoms with Crippen molar-refractivity contribution < 1.29 is 9.47 Å². The minimum Gasteiger partial charge on any atom is -0.493 e. The van der Waals surface area contributed by atoms with Crippen LogP contribution in [0.15, 0.2) is 12.1 Å². The highest BCUT2D eigenvalue weighted by Crippen LogP contribution is 2.36. The molecule has 0 aromatic heterocycles. The second-order valence-corrected chi connectivity index (χ2v) is 4.93. The molecule has 4 heteroatoms. The molecule has 0 unspecified atom stereocenters. The van der Waals surface area contributed by atoms with Crippen molar-refractivity contribution in [3.63, 3.8) is 0 Å². The number of methoxy groups -OCH3 is 1. The molecule has 1 aromatic carbocycles. The molecule has 0 radical (unpaired) electrons. The summed E-state index contributed by atoms with van der Waals surface area (Å²) in [5.74, 6) is 1.93. The van der Waals surface area contributed by atoms with Crippen LogP contribution >= 0.6 is 27.5 Å². The molecule has 90 valence electrons. The monoisotopic (exact) mass is 306 g/mol. The third-order valence-corrected chi connectivity index (χ3v) is 2.84. The first-order valence-corrected chi connectivity index (χ1v) is 6.63. The molecule has 0 aliphatic rings. The van der Waals surface area contributed by atoms with Crippen LogP contribution in [0.4, 0.5) is 0 Å². The molecule has 0 N–H and O–H groups in total. The number of benzene rings is 1. The van der Waals surface area contributed by atoms with Gasteiger partial charge in [0.2, 0.25) is 0 Å². The Morgan fingerprint density at radius 3 is 2.56 bits per heavy atom. The molecule has 0 aliphatic heterocycles. The van der Waals surface area contributed by atoms with Gasteiger partial charge in [0, 0.05) is 22.0 Å². The van der Waals surface area contributed by atoms with Gasteiger partial charge in [-0.25, -0.2) is 0 Å². The van der Waals surface area contributed by atoms with Gasteiger partial charge in [0.25, 0.3) is 0 Å². The summed E-state index contributed by atoms with van der Waals surface area (Å²) in [5, 5.41) is 1.35. The lowest BCUT2D eigenvalue weighted by Crippen LogP contribution is -2.07. The summed E-state index contributed by atoms with van der Waals surface area (Å²) < 4.78 is 11.0. The van der Waals surface area contributed by atoms with Crippen LogP contribution in [0.5, 0.6) is 11.5 Å². The van der Waals surface area contributed by atoms with Gasteiger partial charge >= 0.3 is 0 Å². The predicted molar refractivity (Wildman–Crippen MR) is 71.0 cm³/mol. The molecule has 16 heavy (non-hydrogen) atoms. The van der Waals surface area contributed by atoms with Gasteiger partial charge in [-0.3, -0.25) is 0 Å². The number of halogens is 2. The molecule has 2 nitrogen and oxygen atoms in total. The van der Waals surface area contributed by atoms with Crippen molar-refractivity contribution in [3.05, 3.63) is 22.7 Å². The van der Waals surface area contributed by atoms with Crippen molar-refractivity contribution in [3.8, 4) is 11.5 Å². The summed E-state index contributed by atoms with van der Waals surface area (Å²) in [7, 11) is 1.62. The maximum atomic E-state index is 5.99. The normalized spacial score (nSPS) is 10.6. The van der Waals surface area contributed by atoms with Crippen LogP contribution in [-0.2, 0) is 5.33 Å². The van der Waals surface area contributed by atoms with E-state index in [2.05, 4.69) is 29.8 Å². The van der Waals surface area contributed by atoms with E-state index >= 15 is 0 Å². The van der Waals surface area contributed by atoms with Gasteiger partial charge in [0.1, 0.15) is 0 Å². The van der Waals surface area contributed by atoms with Crippen molar-refractivity contribution in [2.75, 3.05) is 13.7 Å². The van der Waals surface area contributed by atoms with E-state index in [0.717, 1.165) is 11.3 Å². The number of hydrogen-bond donors (Lipinski definition) is 0. The summed E-state index contributed by atoms with van der Waals surface area (Å²) in [6.07, 6.45) is 0. The minimum atomic E-state index is 0.476. The van der Waals surface area contributed by atoms with Crippen LogP contribution in [0.1, 0.15) is 19.4 Å². The van der Waals surface area contributed by atoms with Crippen LogP contribution in [-0.4, -0.2) is 13.7 Å². The first-order valence-electron chi connectivity index (χ1n) is 5.13. The molecule has 0 saturated heterocycles. The smallest absolute Gasteiger partial charge is 0.165 e. The fraction of sp³-hybridized carbons (Fsp3) is 0.500.